The highest BCUT2D eigenvalue weighted by Gasteiger charge is 2.07. The third kappa shape index (κ3) is 4.07. The van der Waals surface area contributed by atoms with Crippen molar-refractivity contribution in [3.8, 4) is 5.88 Å². The van der Waals surface area contributed by atoms with Crippen LogP contribution in [-0.2, 0) is 6.61 Å². The van der Waals surface area contributed by atoms with Crippen LogP contribution >= 0.6 is 15.9 Å². The van der Waals surface area contributed by atoms with Gasteiger partial charge in [0.1, 0.15) is 12.4 Å². The Morgan fingerprint density at radius 3 is 2.52 bits per heavy atom. The summed E-state index contributed by atoms with van der Waals surface area (Å²) in [5.74, 6) is 0.181. The molecule has 3 nitrogen and oxygen atoms in total. The minimum absolute atomic E-state index is 0.312. The molecule has 0 saturated carbocycles. The third-order valence-electron chi connectivity index (χ3n) is 3.18. The molecular weight excluding hydrogens is 359 g/mol. The van der Waals surface area contributed by atoms with E-state index in [2.05, 4.69) is 26.2 Å². The molecule has 2 aromatic carbocycles. The Hall–Kier alpha value is -2.40. The molecule has 0 fully saturated rings. The lowest BCUT2D eigenvalue weighted by Crippen LogP contribution is -1.99. The molecule has 0 amide bonds. The maximum absolute atomic E-state index is 13.6. The number of aromatic nitrogens is 1. The summed E-state index contributed by atoms with van der Waals surface area (Å²) in [5.41, 5.74) is 2.14. The highest BCUT2D eigenvalue weighted by molar-refractivity contribution is 9.10. The molecule has 5 heteroatoms. The number of nitrogens with zero attached hydrogens (tertiary/aromatic N) is 1. The standard InChI is InChI=1S/C18H14BrFN2O/c19-15-10-14(22-17-9-5-4-8-16(17)20)11-21-18(15)23-12-13-6-2-1-3-7-13/h1-11,22H,12H2. The molecule has 0 aliphatic rings. The minimum Gasteiger partial charge on any atom is -0.472 e. The van der Waals surface area contributed by atoms with Gasteiger partial charge in [0.15, 0.2) is 0 Å². The summed E-state index contributed by atoms with van der Waals surface area (Å²) >= 11 is 3.43. The number of ether oxygens (including phenoxy) is 1. The fourth-order valence-corrected chi connectivity index (χ4v) is 2.51. The highest BCUT2D eigenvalue weighted by Crippen LogP contribution is 2.28. The molecule has 3 rings (SSSR count). The van der Waals surface area contributed by atoms with E-state index in [1.807, 2.05) is 30.3 Å². The van der Waals surface area contributed by atoms with E-state index >= 15 is 0 Å². The smallest absolute Gasteiger partial charge is 0.228 e. The van der Waals surface area contributed by atoms with Gasteiger partial charge in [-0.2, -0.15) is 0 Å². The van der Waals surface area contributed by atoms with Gasteiger partial charge >= 0.3 is 0 Å². The maximum atomic E-state index is 13.6. The first-order valence-electron chi connectivity index (χ1n) is 7.06. The zero-order valence-corrected chi connectivity index (χ0v) is 13.8. The van der Waals surface area contributed by atoms with Crippen molar-refractivity contribution in [2.24, 2.45) is 0 Å². The van der Waals surface area contributed by atoms with Crippen LogP contribution < -0.4 is 10.1 Å². The van der Waals surface area contributed by atoms with Crippen molar-refractivity contribution in [3.05, 3.63) is 82.7 Å². The van der Waals surface area contributed by atoms with Crippen LogP contribution in [0.2, 0.25) is 0 Å². The lowest BCUT2D eigenvalue weighted by molar-refractivity contribution is 0.292. The minimum atomic E-state index is -0.312. The average Bonchev–Trinajstić information content (AvgIpc) is 2.57. The molecule has 0 saturated heterocycles. The lowest BCUT2D eigenvalue weighted by atomic mass is 10.2. The van der Waals surface area contributed by atoms with Crippen molar-refractivity contribution in [3.63, 3.8) is 0 Å². The fourth-order valence-electron chi connectivity index (χ4n) is 2.04. The zero-order valence-electron chi connectivity index (χ0n) is 12.2. The molecule has 1 N–H and O–H groups in total. The van der Waals surface area contributed by atoms with E-state index in [0.717, 1.165) is 5.56 Å². The van der Waals surface area contributed by atoms with E-state index in [-0.39, 0.29) is 5.82 Å². The Labute approximate surface area is 142 Å². The van der Waals surface area contributed by atoms with Crippen LogP contribution in [0, 0.1) is 5.82 Å². The van der Waals surface area contributed by atoms with Crippen molar-refractivity contribution >= 4 is 27.3 Å². The second kappa shape index (κ2) is 7.24. The topological polar surface area (TPSA) is 34.2 Å². The number of rotatable bonds is 5. The molecule has 0 unspecified atom stereocenters. The summed E-state index contributed by atoms with van der Waals surface area (Å²) in [4.78, 5) is 4.27. The van der Waals surface area contributed by atoms with Gasteiger partial charge < -0.3 is 10.1 Å². The number of para-hydroxylation sites is 1. The van der Waals surface area contributed by atoms with Crippen molar-refractivity contribution in [1.29, 1.82) is 0 Å². The Kier molecular flexibility index (Phi) is 4.88. The van der Waals surface area contributed by atoms with Crippen LogP contribution in [0.15, 0.2) is 71.3 Å². The van der Waals surface area contributed by atoms with Gasteiger partial charge in [0.2, 0.25) is 5.88 Å². The van der Waals surface area contributed by atoms with Crippen LogP contribution in [-0.4, -0.2) is 4.98 Å². The Morgan fingerprint density at radius 2 is 1.78 bits per heavy atom. The van der Waals surface area contributed by atoms with E-state index in [1.54, 1.807) is 30.5 Å². The summed E-state index contributed by atoms with van der Waals surface area (Å²) in [6.45, 7) is 0.437. The quantitative estimate of drug-likeness (QED) is 0.659. The van der Waals surface area contributed by atoms with E-state index in [9.17, 15) is 4.39 Å². The number of nitrogens with one attached hydrogen (secondary N) is 1. The van der Waals surface area contributed by atoms with Crippen LogP contribution in [0.1, 0.15) is 5.56 Å². The molecule has 0 atom stereocenters. The van der Waals surface area contributed by atoms with E-state index < -0.39 is 0 Å². The van der Waals surface area contributed by atoms with E-state index in [4.69, 9.17) is 4.74 Å². The molecule has 116 valence electrons. The summed E-state index contributed by atoms with van der Waals surface area (Å²) in [5, 5.41) is 2.99. The first kappa shape index (κ1) is 15.5. The average molecular weight is 373 g/mol. The molecule has 23 heavy (non-hydrogen) atoms. The van der Waals surface area contributed by atoms with Gasteiger partial charge in [-0.15, -0.1) is 0 Å². The monoisotopic (exact) mass is 372 g/mol. The van der Waals surface area contributed by atoms with Crippen LogP contribution in [0.5, 0.6) is 5.88 Å². The van der Waals surface area contributed by atoms with Gasteiger partial charge in [-0.1, -0.05) is 42.5 Å². The van der Waals surface area contributed by atoms with Crippen molar-refractivity contribution in [2.45, 2.75) is 6.61 Å². The lowest BCUT2D eigenvalue weighted by Gasteiger charge is -2.10. The summed E-state index contributed by atoms with van der Waals surface area (Å²) in [7, 11) is 0. The Bertz CT molecular complexity index is 796. The van der Waals surface area contributed by atoms with Crippen LogP contribution in [0.4, 0.5) is 15.8 Å². The first-order valence-corrected chi connectivity index (χ1v) is 7.85. The van der Waals surface area contributed by atoms with Gasteiger partial charge in [-0.25, -0.2) is 9.37 Å². The summed E-state index contributed by atoms with van der Waals surface area (Å²) in [6.07, 6.45) is 1.61. The predicted octanol–water partition coefficient (Wildman–Crippen LogP) is 5.31. The Balaban J connectivity index is 1.69. The van der Waals surface area contributed by atoms with Crippen molar-refractivity contribution in [1.82, 2.24) is 4.98 Å². The molecule has 0 radical (unpaired) electrons. The van der Waals surface area contributed by atoms with Gasteiger partial charge in [0.25, 0.3) is 0 Å². The molecule has 1 aromatic heterocycles. The molecule has 3 aromatic rings. The number of hydrogen-bond acceptors (Lipinski definition) is 3. The van der Waals surface area contributed by atoms with Crippen molar-refractivity contribution in [2.75, 3.05) is 5.32 Å². The first-order chi connectivity index (χ1) is 11.2. The van der Waals surface area contributed by atoms with Crippen molar-refractivity contribution < 1.29 is 9.13 Å². The normalized spacial score (nSPS) is 10.3. The largest absolute Gasteiger partial charge is 0.472 e. The molecule has 0 spiro atoms. The van der Waals surface area contributed by atoms with E-state index in [0.29, 0.717) is 28.3 Å². The number of halogens is 2. The number of hydrogen-bond donors (Lipinski definition) is 1. The second-order valence-corrected chi connectivity index (χ2v) is 5.74. The molecule has 0 bridgehead atoms. The summed E-state index contributed by atoms with van der Waals surface area (Å²) in [6, 6.07) is 18.2. The van der Waals surface area contributed by atoms with E-state index in [1.165, 1.54) is 6.07 Å². The fraction of sp³-hybridized carbons (Fsp3) is 0.0556. The van der Waals surface area contributed by atoms with Crippen LogP contribution in [0.25, 0.3) is 0 Å². The highest BCUT2D eigenvalue weighted by atomic mass is 79.9. The number of benzene rings is 2. The molecule has 1 heterocycles. The third-order valence-corrected chi connectivity index (χ3v) is 3.75. The Morgan fingerprint density at radius 1 is 1.04 bits per heavy atom. The van der Waals surface area contributed by atoms with Gasteiger partial charge in [-0.05, 0) is 39.7 Å². The SMILES string of the molecule is Fc1ccccc1Nc1cnc(OCc2ccccc2)c(Br)c1. The molecule has 0 aliphatic heterocycles. The van der Waals surface area contributed by atoms with Gasteiger partial charge in [-0.3, -0.25) is 0 Å². The predicted molar refractivity (Wildman–Crippen MR) is 92.4 cm³/mol. The van der Waals surface area contributed by atoms with Crippen LogP contribution in [0.3, 0.4) is 0 Å². The maximum Gasteiger partial charge on any atom is 0.228 e. The van der Waals surface area contributed by atoms with Gasteiger partial charge in [0.05, 0.1) is 22.0 Å². The number of pyridine rings is 1. The molecular formula is C18H14BrFN2O. The second-order valence-electron chi connectivity index (χ2n) is 4.89. The zero-order chi connectivity index (χ0) is 16.1. The van der Waals surface area contributed by atoms with Gasteiger partial charge in [0, 0.05) is 0 Å². The number of anilines is 2. The molecule has 0 aliphatic carbocycles. The summed E-state index contributed by atoms with van der Waals surface area (Å²) < 4.78 is 20.0.